The van der Waals surface area contributed by atoms with Gasteiger partial charge in [0.15, 0.2) is 0 Å². The van der Waals surface area contributed by atoms with Crippen LogP contribution in [0.3, 0.4) is 0 Å². The molecular formula is C31H34FN3O2. The minimum absolute atomic E-state index is 0.0382. The largest absolute Gasteiger partial charge is 0.493 e. The number of para-hydroxylation sites is 3. The van der Waals surface area contributed by atoms with E-state index >= 15 is 0 Å². The number of rotatable bonds is 7. The maximum atomic E-state index is 14.6. The Labute approximate surface area is 218 Å². The fraction of sp³-hybridized carbons (Fsp3) is 0.387. The van der Waals surface area contributed by atoms with E-state index in [-0.39, 0.29) is 17.9 Å². The molecule has 2 amide bonds. The van der Waals surface area contributed by atoms with Crippen LogP contribution in [0.1, 0.15) is 42.4 Å². The Morgan fingerprint density at radius 2 is 1.68 bits per heavy atom. The van der Waals surface area contributed by atoms with Crippen molar-refractivity contribution in [3.63, 3.8) is 0 Å². The molecule has 1 saturated carbocycles. The van der Waals surface area contributed by atoms with Gasteiger partial charge in [0.25, 0.3) is 0 Å². The van der Waals surface area contributed by atoms with Crippen molar-refractivity contribution in [1.29, 1.82) is 0 Å². The summed E-state index contributed by atoms with van der Waals surface area (Å²) in [5.74, 6) is 1.36. The molecule has 0 radical (unpaired) electrons. The molecule has 5 nitrogen and oxygen atoms in total. The number of hydrogen-bond donors (Lipinski definition) is 0. The zero-order chi connectivity index (χ0) is 25.4. The second-order valence-corrected chi connectivity index (χ2v) is 10.6. The second-order valence-electron chi connectivity index (χ2n) is 10.6. The predicted octanol–water partition coefficient (Wildman–Crippen LogP) is 6.53. The first kappa shape index (κ1) is 23.8. The monoisotopic (exact) mass is 499 g/mol. The lowest BCUT2D eigenvalue weighted by atomic mass is 9.99. The van der Waals surface area contributed by atoms with E-state index in [0.717, 1.165) is 60.7 Å². The molecule has 192 valence electrons. The molecule has 0 atom stereocenters. The van der Waals surface area contributed by atoms with Crippen molar-refractivity contribution in [2.45, 2.75) is 51.7 Å². The Hall–Kier alpha value is -3.54. The second kappa shape index (κ2) is 10.1. The van der Waals surface area contributed by atoms with Crippen LogP contribution in [-0.2, 0) is 13.1 Å². The van der Waals surface area contributed by atoms with E-state index in [2.05, 4.69) is 17.0 Å². The highest BCUT2D eigenvalue weighted by Crippen LogP contribution is 2.36. The van der Waals surface area contributed by atoms with E-state index in [9.17, 15) is 9.18 Å². The van der Waals surface area contributed by atoms with E-state index in [4.69, 9.17) is 4.74 Å². The summed E-state index contributed by atoms with van der Waals surface area (Å²) in [5, 5.41) is 0. The first-order valence-corrected chi connectivity index (χ1v) is 13.5. The number of hydrogen-bond acceptors (Lipinski definition) is 3. The van der Waals surface area contributed by atoms with Crippen molar-refractivity contribution in [1.82, 2.24) is 4.90 Å². The highest BCUT2D eigenvalue weighted by atomic mass is 19.1. The number of anilines is 2. The third-order valence-electron chi connectivity index (χ3n) is 7.98. The van der Waals surface area contributed by atoms with Gasteiger partial charge in [0, 0.05) is 31.2 Å². The van der Waals surface area contributed by atoms with Gasteiger partial charge in [-0.3, -0.25) is 4.90 Å². The highest BCUT2D eigenvalue weighted by Gasteiger charge is 2.36. The average Bonchev–Trinajstić information content (AvgIpc) is 3.75. The molecule has 3 aromatic rings. The van der Waals surface area contributed by atoms with Gasteiger partial charge in [-0.25, -0.2) is 9.18 Å². The van der Waals surface area contributed by atoms with Gasteiger partial charge >= 0.3 is 6.03 Å². The fourth-order valence-electron chi connectivity index (χ4n) is 5.72. The summed E-state index contributed by atoms with van der Waals surface area (Å²) in [6.07, 6.45) is 4.11. The molecule has 1 aliphatic carbocycles. The van der Waals surface area contributed by atoms with Crippen LogP contribution in [0.25, 0.3) is 0 Å². The molecule has 2 heterocycles. The number of aryl methyl sites for hydroxylation is 1. The van der Waals surface area contributed by atoms with E-state index in [1.807, 2.05) is 59.2 Å². The Bertz CT molecular complexity index is 1260. The molecule has 6 heteroatoms. The lowest BCUT2D eigenvalue weighted by molar-refractivity contribution is 0.159. The first-order chi connectivity index (χ1) is 18.1. The van der Waals surface area contributed by atoms with Crippen molar-refractivity contribution >= 4 is 17.4 Å². The van der Waals surface area contributed by atoms with Crippen LogP contribution in [0.2, 0.25) is 0 Å². The summed E-state index contributed by atoms with van der Waals surface area (Å²) >= 11 is 0. The van der Waals surface area contributed by atoms with Crippen molar-refractivity contribution < 1.29 is 13.9 Å². The number of amides is 2. The average molecular weight is 500 g/mol. The lowest BCUT2D eigenvalue weighted by Gasteiger charge is -2.44. The normalized spacial score (nSPS) is 18.2. The van der Waals surface area contributed by atoms with Crippen LogP contribution in [0.5, 0.6) is 5.75 Å². The fourth-order valence-corrected chi connectivity index (χ4v) is 5.72. The molecule has 1 saturated heterocycles. The van der Waals surface area contributed by atoms with Gasteiger partial charge < -0.3 is 14.5 Å². The Morgan fingerprint density at radius 3 is 2.46 bits per heavy atom. The molecule has 2 fully saturated rings. The minimum atomic E-state index is -0.171. The van der Waals surface area contributed by atoms with Crippen molar-refractivity contribution in [2.75, 3.05) is 29.5 Å². The van der Waals surface area contributed by atoms with Crippen LogP contribution < -0.4 is 14.5 Å². The van der Waals surface area contributed by atoms with E-state index in [1.165, 1.54) is 18.9 Å². The number of carbonyl (C=O) groups excluding carboxylic acids is 1. The van der Waals surface area contributed by atoms with Crippen LogP contribution in [0, 0.1) is 18.7 Å². The van der Waals surface area contributed by atoms with E-state index in [1.54, 1.807) is 6.07 Å². The smallest absolute Gasteiger partial charge is 0.325 e. The van der Waals surface area contributed by atoms with Crippen LogP contribution in [0.15, 0.2) is 66.7 Å². The van der Waals surface area contributed by atoms with Crippen molar-refractivity contribution in [3.05, 3.63) is 89.2 Å². The zero-order valence-corrected chi connectivity index (χ0v) is 21.4. The SMILES string of the molecule is Cc1cccc(F)c1N1CCC(N2Cc3ccccc3N(Cc3ccccc3OCC3CC3)C2=O)CC1. The Kier molecular flexibility index (Phi) is 6.49. The quantitative estimate of drug-likeness (QED) is 0.371. The first-order valence-electron chi connectivity index (χ1n) is 13.5. The van der Waals surface area contributed by atoms with Gasteiger partial charge in [0.2, 0.25) is 0 Å². The number of fused-ring (bicyclic) bond motifs is 1. The third kappa shape index (κ3) is 4.89. The highest BCUT2D eigenvalue weighted by molar-refractivity contribution is 5.95. The topological polar surface area (TPSA) is 36.0 Å². The van der Waals surface area contributed by atoms with Crippen LogP contribution >= 0.6 is 0 Å². The molecule has 0 unspecified atom stereocenters. The summed E-state index contributed by atoms with van der Waals surface area (Å²) in [5.41, 5.74) is 4.81. The number of nitrogens with zero attached hydrogens (tertiary/aromatic N) is 3. The van der Waals surface area contributed by atoms with Gasteiger partial charge in [-0.15, -0.1) is 0 Å². The van der Waals surface area contributed by atoms with Crippen molar-refractivity contribution in [2.24, 2.45) is 5.92 Å². The summed E-state index contributed by atoms with van der Waals surface area (Å²) in [6.45, 7) is 5.24. The van der Waals surface area contributed by atoms with Gasteiger partial charge in [-0.05, 0) is 67.9 Å². The number of benzene rings is 3. The number of ether oxygens (including phenoxy) is 1. The van der Waals surface area contributed by atoms with Crippen LogP contribution in [-0.4, -0.2) is 36.7 Å². The number of halogens is 1. The summed E-state index contributed by atoms with van der Waals surface area (Å²) in [7, 11) is 0. The molecule has 6 rings (SSSR count). The molecule has 0 N–H and O–H groups in total. The lowest BCUT2D eigenvalue weighted by Crippen LogP contribution is -2.54. The van der Waals surface area contributed by atoms with Crippen LogP contribution in [0.4, 0.5) is 20.6 Å². The molecule has 37 heavy (non-hydrogen) atoms. The maximum Gasteiger partial charge on any atom is 0.325 e. The maximum absolute atomic E-state index is 14.6. The standard InChI is InChI=1S/C31H34FN3O2/c1-22-7-6-10-27(32)30(22)33-17-15-26(16-18-33)34-19-24-8-2-4-11-28(24)35(31(34)36)20-25-9-3-5-12-29(25)37-21-23-13-14-23/h2-12,23,26H,13-21H2,1H3. The molecule has 0 spiro atoms. The number of piperidine rings is 1. The molecular weight excluding hydrogens is 465 g/mol. The van der Waals surface area contributed by atoms with E-state index in [0.29, 0.717) is 24.7 Å². The number of carbonyl (C=O) groups is 1. The van der Waals surface area contributed by atoms with Gasteiger partial charge in [0.1, 0.15) is 11.6 Å². The molecule has 0 aromatic heterocycles. The Morgan fingerprint density at radius 1 is 0.919 bits per heavy atom. The zero-order valence-electron chi connectivity index (χ0n) is 21.4. The third-order valence-corrected chi connectivity index (χ3v) is 7.98. The Balaban J connectivity index is 1.21. The molecule has 2 aliphatic heterocycles. The summed E-state index contributed by atoms with van der Waals surface area (Å²) < 4.78 is 20.7. The number of urea groups is 1. The van der Waals surface area contributed by atoms with Gasteiger partial charge in [-0.2, -0.15) is 0 Å². The van der Waals surface area contributed by atoms with Crippen molar-refractivity contribution in [3.8, 4) is 5.75 Å². The summed E-state index contributed by atoms with van der Waals surface area (Å²) in [6, 6.07) is 21.7. The molecule has 3 aliphatic rings. The molecule has 0 bridgehead atoms. The molecule has 3 aromatic carbocycles. The van der Waals surface area contributed by atoms with E-state index < -0.39 is 0 Å². The minimum Gasteiger partial charge on any atom is -0.493 e. The van der Waals surface area contributed by atoms with Gasteiger partial charge in [0.05, 0.1) is 24.5 Å². The summed E-state index contributed by atoms with van der Waals surface area (Å²) in [4.78, 5) is 20.0. The van der Waals surface area contributed by atoms with Gasteiger partial charge in [-0.1, -0.05) is 48.5 Å². The predicted molar refractivity (Wildman–Crippen MR) is 145 cm³/mol.